The molecule has 0 spiro atoms. The van der Waals surface area contributed by atoms with Gasteiger partial charge < -0.3 is 9.84 Å². The Morgan fingerprint density at radius 3 is 2.69 bits per heavy atom. The number of hydrogen-bond donors (Lipinski definition) is 1. The highest BCUT2D eigenvalue weighted by Gasteiger charge is 2.19. The second kappa shape index (κ2) is 6.12. The van der Waals surface area contributed by atoms with Gasteiger partial charge in [0.25, 0.3) is 0 Å². The highest BCUT2D eigenvalue weighted by molar-refractivity contribution is 6.30. The van der Waals surface area contributed by atoms with Crippen LogP contribution < -0.4 is 4.74 Å². The summed E-state index contributed by atoms with van der Waals surface area (Å²) in [7, 11) is 1.60. The Bertz CT molecular complexity index is 339. The van der Waals surface area contributed by atoms with Crippen LogP contribution in [0.3, 0.4) is 0 Å². The van der Waals surface area contributed by atoms with E-state index in [9.17, 15) is 5.11 Å². The third-order valence-corrected chi connectivity index (χ3v) is 3.03. The SMILES string of the molecule is CCCC(C)C(O)c1cc(Cl)ccc1OC. The average Bonchev–Trinajstić information content (AvgIpc) is 2.28. The smallest absolute Gasteiger partial charge is 0.124 e. The molecule has 0 bridgehead atoms. The molecule has 0 amide bonds. The Kier molecular flexibility index (Phi) is 5.10. The minimum Gasteiger partial charge on any atom is -0.496 e. The van der Waals surface area contributed by atoms with Gasteiger partial charge in [-0.2, -0.15) is 0 Å². The van der Waals surface area contributed by atoms with E-state index >= 15 is 0 Å². The van der Waals surface area contributed by atoms with E-state index in [0.717, 1.165) is 18.4 Å². The van der Waals surface area contributed by atoms with Crippen LogP contribution >= 0.6 is 11.6 Å². The Balaban J connectivity index is 2.96. The van der Waals surface area contributed by atoms with Crippen molar-refractivity contribution >= 4 is 11.6 Å². The second-order valence-electron chi connectivity index (χ2n) is 4.10. The van der Waals surface area contributed by atoms with Crippen LogP contribution in [0.1, 0.15) is 38.4 Å². The predicted octanol–water partition coefficient (Wildman–Crippen LogP) is 3.82. The van der Waals surface area contributed by atoms with E-state index in [-0.39, 0.29) is 5.92 Å². The van der Waals surface area contributed by atoms with Crippen molar-refractivity contribution < 1.29 is 9.84 Å². The summed E-state index contributed by atoms with van der Waals surface area (Å²) >= 11 is 5.93. The number of halogens is 1. The maximum atomic E-state index is 10.2. The van der Waals surface area contributed by atoms with Gasteiger partial charge in [-0.25, -0.2) is 0 Å². The van der Waals surface area contributed by atoms with E-state index < -0.39 is 6.10 Å². The van der Waals surface area contributed by atoms with Crippen molar-refractivity contribution in [1.82, 2.24) is 0 Å². The van der Waals surface area contributed by atoms with E-state index in [2.05, 4.69) is 6.92 Å². The van der Waals surface area contributed by atoms with Gasteiger partial charge >= 0.3 is 0 Å². The fraction of sp³-hybridized carbons (Fsp3) is 0.538. The third-order valence-electron chi connectivity index (χ3n) is 2.79. The summed E-state index contributed by atoms with van der Waals surface area (Å²) in [5.74, 6) is 0.900. The summed E-state index contributed by atoms with van der Waals surface area (Å²) in [6, 6.07) is 5.33. The van der Waals surface area contributed by atoms with Crippen LogP contribution in [0, 0.1) is 5.92 Å². The van der Waals surface area contributed by atoms with Gasteiger partial charge in [-0.3, -0.25) is 0 Å². The lowest BCUT2D eigenvalue weighted by atomic mass is 9.93. The minimum absolute atomic E-state index is 0.206. The topological polar surface area (TPSA) is 29.5 Å². The summed E-state index contributed by atoms with van der Waals surface area (Å²) in [5.41, 5.74) is 0.774. The zero-order valence-corrected chi connectivity index (χ0v) is 10.8. The van der Waals surface area contributed by atoms with E-state index in [1.807, 2.05) is 6.92 Å². The molecule has 0 heterocycles. The molecule has 1 aromatic carbocycles. The second-order valence-corrected chi connectivity index (χ2v) is 4.53. The Morgan fingerprint density at radius 1 is 1.44 bits per heavy atom. The molecule has 90 valence electrons. The van der Waals surface area contributed by atoms with E-state index in [1.54, 1.807) is 25.3 Å². The summed E-state index contributed by atoms with van der Waals surface area (Å²) in [6.07, 6.45) is 1.52. The van der Waals surface area contributed by atoms with Crippen molar-refractivity contribution in [3.8, 4) is 5.75 Å². The van der Waals surface area contributed by atoms with Crippen LogP contribution in [-0.2, 0) is 0 Å². The first-order valence-electron chi connectivity index (χ1n) is 5.61. The van der Waals surface area contributed by atoms with Crippen LogP contribution in [0.15, 0.2) is 18.2 Å². The number of rotatable bonds is 5. The fourth-order valence-electron chi connectivity index (χ4n) is 1.86. The van der Waals surface area contributed by atoms with E-state index in [0.29, 0.717) is 10.8 Å². The molecule has 0 aliphatic heterocycles. The summed E-state index contributed by atoms with van der Waals surface area (Å²) in [5, 5.41) is 10.8. The largest absolute Gasteiger partial charge is 0.496 e. The Morgan fingerprint density at radius 2 is 2.12 bits per heavy atom. The van der Waals surface area contributed by atoms with Gasteiger partial charge in [-0.1, -0.05) is 31.9 Å². The molecule has 3 heteroatoms. The standard InChI is InChI=1S/C13H19ClO2/c1-4-5-9(2)13(15)11-8-10(14)6-7-12(11)16-3/h6-9,13,15H,4-5H2,1-3H3. The number of aliphatic hydroxyl groups excluding tert-OH is 1. The minimum atomic E-state index is -0.520. The highest BCUT2D eigenvalue weighted by atomic mass is 35.5. The van der Waals surface area contributed by atoms with Crippen molar-refractivity contribution in [3.05, 3.63) is 28.8 Å². The maximum absolute atomic E-state index is 10.2. The van der Waals surface area contributed by atoms with Gasteiger partial charge in [0.1, 0.15) is 5.75 Å². The van der Waals surface area contributed by atoms with Gasteiger partial charge in [0.2, 0.25) is 0 Å². The Hall–Kier alpha value is -0.730. The van der Waals surface area contributed by atoms with Crippen LogP contribution in [0.2, 0.25) is 5.02 Å². The van der Waals surface area contributed by atoms with Crippen LogP contribution in [0.25, 0.3) is 0 Å². The molecule has 0 aliphatic carbocycles. The number of ether oxygens (including phenoxy) is 1. The maximum Gasteiger partial charge on any atom is 0.124 e. The molecule has 2 unspecified atom stereocenters. The lowest BCUT2D eigenvalue weighted by Crippen LogP contribution is -2.10. The molecule has 1 N–H and O–H groups in total. The van der Waals surface area contributed by atoms with Crippen molar-refractivity contribution in [2.24, 2.45) is 5.92 Å². The highest BCUT2D eigenvalue weighted by Crippen LogP contribution is 2.33. The quantitative estimate of drug-likeness (QED) is 0.851. The number of hydrogen-bond acceptors (Lipinski definition) is 2. The molecular formula is C13H19ClO2. The molecule has 0 radical (unpaired) electrons. The number of benzene rings is 1. The molecule has 1 aromatic rings. The molecule has 0 fully saturated rings. The van der Waals surface area contributed by atoms with Crippen molar-refractivity contribution in [1.29, 1.82) is 0 Å². The number of aliphatic hydroxyl groups is 1. The van der Waals surface area contributed by atoms with Crippen molar-refractivity contribution in [2.75, 3.05) is 7.11 Å². The lowest BCUT2D eigenvalue weighted by molar-refractivity contribution is 0.109. The Labute approximate surface area is 102 Å². The summed E-state index contributed by atoms with van der Waals surface area (Å²) < 4.78 is 5.23. The number of methoxy groups -OCH3 is 1. The molecular weight excluding hydrogens is 224 g/mol. The van der Waals surface area contributed by atoms with Crippen molar-refractivity contribution in [3.63, 3.8) is 0 Å². The van der Waals surface area contributed by atoms with E-state index in [4.69, 9.17) is 16.3 Å². The van der Waals surface area contributed by atoms with Crippen molar-refractivity contribution in [2.45, 2.75) is 32.8 Å². The molecule has 2 atom stereocenters. The van der Waals surface area contributed by atoms with E-state index in [1.165, 1.54) is 0 Å². The molecule has 1 rings (SSSR count). The lowest BCUT2D eigenvalue weighted by Gasteiger charge is -2.20. The molecule has 0 aliphatic rings. The molecule has 0 aromatic heterocycles. The average molecular weight is 243 g/mol. The molecule has 0 saturated heterocycles. The van der Waals surface area contributed by atoms with Gasteiger partial charge in [-0.05, 0) is 30.5 Å². The first-order valence-corrected chi connectivity index (χ1v) is 5.99. The summed E-state index contributed by atoms with van der Waals surface area (Å²) in [4.78, 5) is 0. The molecule has 16 heavy (non-hydrogen) atoms. The van der Waals surface area contributed by atoms with Crippen LogP contribution in [-0.4, -0.2) is 12.2 Å². The fourth-order valence-corrected chi connectivity index (χ4v) is 2.04. The first-order chi connectivity index (χ1) is 7.60. The molecule has 0 saturated carbocycles. The normalized spacial score (nSPS) is 14.6. The van der Waals surface area contributed by atoms with Crippen LogP contribution in [0.5, 0.6) is 5.75 Å². The summed E-state index contributed by atoms with van der Waals surface area (Å²) in [6.45, 7) is 4.15. The molecule has 2 nitrogen and oxygen atoms in total. The zero-order valence-electron chi connectivity index (χ0n) is 10.0. The van der Waals surface area contributed by atoms with Crippen LogP contribution in [0.4, 0.5) is 0 Å². The van der Waals surface area contributed by atoms with Gasteiger partial charge in [0.05, 0.1) is 13.2 Å². The van der Waals surface area contributed by atoms with Gasteiger partial charge in [0, 0.05) is 10.6 Å². The van der Waals surface area contributed by atoms with Gasteiger partial charge in [-0.15, -0.1) is 0 Å². The van der Waals surface area contributed by atoms with Gasteiger partial charge in [0.15, 0.2) is 0 Å². The third kappa shape index (κ3) is 3.13. The monoisotopic (exact) mass is 242 g/mol. The first kappa shape index (κ1) is 13.3. The predicted molar refractivity (Wildman–Crippen MR) is 67.0 cm³/mol. The zero-order chi connectivity index (χ0) is 12.1.